The van der Waals surface area contributed by atoms with Crippen LogP contribution in [0.4, 0.5) is 8.78 Å². The summed E-state index contributed by atoms with van der Waals surface area (Å²) >= 11 is 0. The molecular weight excluding hydrogens is 114 g/mol. The molecule has 0 amide bonds. The Morgan fingerprint density at radius 2 is 2.25 bits per heavy atom. The van der Waals surface area contributed by atoms with Crippen LogP contribution in [0.5, 0.6) is 0 Å². The van der Waals surface area contributed by atoms with Crippen LogP contribution in [-0.4, -0.2) is 19.1 Å². The lowest BCUT2D eigenvalue weighted by atomic mass is 10.2. The maximum absolute atomic E-state index is 11.6. The lowest BCUT2D eigenvalue weighted by Crippen LogP contribution is -2.15. The molecule has 1 unspecified atom stereocenters. The Hall–Kier alpha value is -0.180. The van der Waals surface area contributed by atoms with Crippen molar-refractivity contribution in [1.29, 1.82) is 0 Å². The van der Waals surface area contributed by atoms with Gasteiger partial charge in [0.2, 0.25) is 0 Å². The van der Waals surface area contributed by atoms with Crippen LogP contribution in [0.25, 0.3) is 0 Å². The summed E-state index contributed by atoms with van der Waals surface area (Å²) in [5.41, 5.74) is 0. The predicted octanol–water partition coefficient (Wildman–Crippen LogP) is 1.43. The number of alkyl halides is 2. The van der Waals surface area contributed by atoms with E-state index in [1.165, 1.54) is 0 Å². The van der Waals surface area contributed by atoms with E-state index < -0.39 is 12.5 Å². The number of rotatable bonds is 1. The minimum Gasteiger partial charge on any atom is -0.372 e. The van der Waals surface area contributed by atoms with Crippen molar-refractivity contribution in [1.82, 2.24) is 0 Å². The molecule has 1 heterocycles. The third-order valence-corrected chi connectivity index (χ3v) is 1.25. The average molecular weight is 122 g/mol. The Morgan fingerprint density at radius 3 is 2.50 bits per heavy atom. The minimum atomic E-state index is -2.28. The smallest absolute Gasteiger partial charge is 0.264 e. The van der Waals surface area contributed by atoms with Gasteiger partial charge < -0.3 is 4.74 Å². The average Bonchev–Trinajstić information content (AvgIpc) is 2.12. The van der Waals surface area contributed by atoms with Crippen LogP contribution < -0.4 is 0 Å². The molecule has 0 radical (unpaired) electrons. The Bertz CT molecular complexity index is 68.8. The Morgan fingerprint density at radius 1 is 1.50 bits per heavy atom. The Balaban J connectivity index is 2.24. The number of ether oxygens (including phenoxy) is 1. The van der Waals surface area contributed by atoms with Gasteiger partial charge in [-0.1, -0.05) is 0 Å². The fourth-order valence-corrected chi connectivity index (χ4v) is 0.801. The largest absolute Gasteiger partial charge is 0.372 e. The molecule has 1 nitrogen and oxygen atoms in total. The van der Waals surface area contributed by atoms with Gasteiger partial charge in [-0.3, -0.25) is 0 Å². The second kappa shape index (κ2) is 2.40. The van der Waals surface area contributed by atoms with E-state index in [2.05, 4.69) is 4.74 Å². The van der Waals surface area contributed by atoms with Crippen molar-refractivity contribution in [3.63, 3.8) is 0 Å². The van der Waals surface area contributed by atoms with Crippen molar-refractivity contribution < 1.29 is 13.5 Å². The molecule has 1 fully saturated rings. The van der Waals surface area contributed by atoms with Crippen LogP contribution in [0.2, 0.25) is 0 Å². The quantitative estimate of drug-likeness (QED) is 0.511. The molecule has 0 N–H and O–H groups in total. The zero-order valence-corrected chi connectivity index (χ0v) is 4.44. The van der Waals surface area contributed by atoms with Crippen LogP contribution >= 0.6 is 0 Å². The molecule has 0 spiro atoms. The molecule has 1 saturated heterocycles. The van der Waals surface area contributed by atoms with Crippen molar-refractivity contribution in [2.75, 3.05) is 6.61 Å². The van der Waals surface area contributed by atoms with E-state index in [-0.39, 0.29) is 0 Å². The van der Waals surface area contributed by atoms with Crippen molar-refractivity contribution >= 4 is 0 Å². The van der Waals surface area contributed by atoms with Crippen molar-refractivity contribution in [3.05, 3.63) is 0 Å². The van der Waals surface area contributed by atoms with Crippen LogP contribution in [0.3, 0.4) is 0 Å². The first-order valence-electron chi connectivity index (χ1n) is 2.70. The second-order valence-electron chi connectivity index (χ2n) is 1.89. The normalized spacial score (nSPS) is 29.6. The van der Waals surface area contributed by atoms with Gasteiger partial charge in [0.1, 0.15) is 6.10 Å². The van der Waals surface area contributed by atoms with E-state index in [4.69, 9.17) is 0 Å². The molecule has 3 heteroatoms. The van der Waals surface area contributed by atoms with Crippen LogP contribution in [0.15, 0.2) is 0 Å². The SMILES string of the molecule is FC(F)C1CCCO1. The van der Waals surface area contributed by atoms with Gasteiger partial charge in [-0.2, -0.15) is 0 Å². The number of hydrogen-bond donors (Lipinski definition) is 0. The standard InChI is InChI=1S/C5H8F2O/c6-5(7)4-2-1-3-8-4/h4-5H,1-3H2. The number of hydrogen-bond acceptors (Lipinski definition) is 1. The Kier molecular flexibility index (Phi) is 1.78. The summed E-state index contributed by atoms with van der Waals surface area (Å²) in [7, 11) is 0. The second-order valence-corrected chi connectivity index (χ2v) is 1.89. The van der Waals surface area contributed by atoms with E-state index >= 15 is 0 Å². The highest BCUT2D eigenvalue weighted by Crippen LogP contribution is 2.17. The molecule has 1 aliphatic heterocycles. The lowest BCUT2D eigenvalue weighted by molar-refractivity contribution is -0.0219. The summed E-state index contributed by atoms with van der Waals surface area (Å²) in [4.78, 5) is 0. The van der Waals surface area contributed by atoms with Crippen molar-refractivity contribution in [2.45, 2.75) is 25.4 Å². The van der Waals surface area contributed by atoms with E-state index in [1.807, 2.05) is 0 Å². The summed E-state index contributed by atoms with van der Waals surface area (Å²) in [5, 5.41) is 0. The van der Waals surface area contributed by atoms with E-state index in [9.17, 15) is 8.78 Å². The van der Waals surface area contributed by atoms with Gasteiger partial charge in [0.15, 0.2) is 0 Å². The van der Waals surface area contributed by atoms with Gasteiger partial charge in [-0.25, -0.2) is 8.78 Å². The van der Waals surface area contributed by atoms with Gasteiger partial charge in [-0.15, -0.1) is 0 Å². The van der Waals surface area contributed by atoms with Gasteiger partial charge in [0.25, 0.3) is 6.43 Å². The zero-order chi connectivity index (χ0) is 5.98. The molecule has 0 bridgehead atoms. The van der Waals surface area contributed by atoms with E-state index in [0.29, 0.717) is 13.0 Å². The summed E-state index contributed by atoms with van der Waals surface area (Å²) in [6.07, 6.45) is -1.74. The lowest BCUT2D eigenvalue weighted by Gasteiger charge is -2.04. The van der Waals surface area contributed by atoms with Crippen LogP contribution in [0.1, 0.15) is 12.8 Å². The minimum absolute atomic E-state index is 0.509. The molecule has 1 rings (SSSR count). The molecule has 1 aliphatic rings. The zero-order valence-electron chi connectivity index (χ0n) is 4.44. The summed E-state index contributed by atoms with van der Waals surface area (Å²) < 4.78 is 27.9. The highest BCUT2D eigenvalue weighted by Gasteiger charge is 2.24. The summed E-state index contributed by atoms with van der Waals surface area (Å²) in [6.45, 7) is 0.509. The fraction of sp³-hybridized carbons (Fsp3) is 1.00. The van der Waals surface area contributed by atoms with Gasteiger partial charge in [-0.05, 0) is 12.8 Å². The first-order chi connectivity index (χ1) is 3.80. The molecule has 8 heavy (non-hydrogen) atoms. The molecule has 48 valence electrons. The number of halogens is 2. The highest BCUT2D eigenvalue weighted by molar-refractivity contribution is 4.65. The molecule has 0 aromatic rings. The monoisotopic (exact) mass is 122 g/mol. The molecule has 0 saturated carbocycles. The fourth-order valence-electron chi connectivity index (χ4n) is 0.801. The van der Waals surface area contributed by atoms with E-state index in [1.54, 1.807) is 0 Å². The maximum Gasteiger partial charge on any atom is 0.264 e. The molecule has 0 aromatic heterocycles. The first kappa shape index (κ1) is 5.95. The van der Waals surface area contributed by atoms with Crippen LogP contribution in [0, 0.1) is 0 Å². The molecule has 0 aromatic carbocycles. The predicted molar refractivity (Wildman–Crippen MR) is 25.0 cm³/mol. The third-order valence-electron chi connectivity index (χ3n) is 1.25. The molecule has 0 aliphatic carbocycles. The van der Waals surface area contributed by atoms with Gasteiger partial charge in [0.05, 0.1) is 0 Å². The first-order valence-corrected chi connectivity index (χ1v) is 2.70. The van der Waals surface area contributed by atoms with E-state index in [0.717, 1.165) is 6.42 Å². The van der Waals surface area contributed by atoms with Gasteiger partial charge in [0, 0.05) is 6.61 Å². The van der Waals surface area contributed by atoms with Crippen LogP contribution in [-0.2, 0) is 4.74 Å². The third kappa shape index (κ3) is 1.15. The Labute approximate surface area is 46.6 Å². The summed E-state index contributed by atoms with van der Waals surface area (Å²) in [6, 6.07) is 0. The maximum atomic E-state index is 11.6. The highest BCUT2D eigenvalue weighted by atomic mass is 19.3. The molecule has 1 atom stereocenters. The van der Waals surface area contributed by atoms with Gasteiger partial charge >= 0.3 is 0 Å². The molecular formula is C5H8F2O. The van der Waals surface area contributed by atoms with Crippen molar-refractivity contribution in [3.8, 4) is 0 Å². The van der Waals surface area contributed by atoms with Crippen molar-refractivity contribution in [2.24, 2.45) is 0 Å². The topological polar surface area (TPSA) is 9.23 Å². The summed E-state index contributed by atoms with van der Waals surface area (Å²) in [5.74, 6) is 0.